The van der Waals surface area contributed by atoms with E-state index >= 15 is 0 Å². The molecule has 15 heavy (non-hydrogen) atoms. The molecule has 1 rings (SSSR count). The maximum atomic E-state index is 12.2. The summed E-state index contributed by atoms with van der Waals surface area (Å²) in [7, 11) is 0. The molecule has 86 valence electrons. The third kappa shape index (κ3) is 2.32. The van der Waals surface area contributed by atoms with Gasteiger partial charge in [0.25, 0.3) is 0 Å². The Kier molecular flexibility index (Phi) is 2.88. The molecule has 0 N–H and O–H groups in total. The summed E-state index contributed by atoms with van der Waals surface area (Å²) >= 11 is 0. The SMILES string of the molecule is CC(C)=CC1C(C(=O)C(C)(C)C)C1(C)C. The molecule has 0 bridgehead atoms. The quantitative estimate of drug-likeness (QED) is 0.630. The van der Waals surface area contributed by atoms with Crippen molar-refractivity contribution in [2.45, 2.75) is 48.5 Å². The van der Waals surface area contributed by atoms with E-state index in [4.69, 9.17) is 0 Å². The molecule has 0 saturated heterocycles. The maximum absolute atomic E-state index is 12.2. The molecule has 1 fully saturated rings. The number of Topliss-reactive ketones (excluding diaryl/α,β-unsaturated/α-hetero) is 1. The molecule has 0 radical (unpaired) electrons. The largest absolute Gasteiger partial charge is 0.299 e. The van der Waals surface area contributed by atoms with Gasteiger partial charge in [-0.3, -0.25) is 4.79 Å². The number of ketones is 1. The first kappa shape index (κ1) is 12.5. The summed E-state index contributed by atoms with van der Waals surface area (Å²) in [4.78, 5) is 12.2. The van der Waals surface area contributed by atoms with Gasteiger partial charge in [0.05, 0.1) is 0 Å². The third-order valence-electron chi connectivity index (χ3n) is 3.45. The van der Waals surface area contributed by atoms with Crippen LogP contribution in [-0.4, -0.2) is 5.78 Å². The minimum Gasteiger partial charge on any atom is -0.299 e. The first-order valence-electron chi connectivity index (χ1n) is 5.78. The van der Waals surface area contributed by atoms with Crippen LogP contribution in [0.4, 0.5) is 0 Å². The monoisotopic (exact) mass is 208 g/mol. The van der Waals surface area contributed by atoms with Crippen LogP contribution in [0.1, 0.15) is 48.5 Å². The lowest BCUT2D eigenvalue weighted by molar-refractivity contribution is -0.128. The molecule has 2 atom stereocenters. The first-order chi connectivity index (χ1) is 6.58. The van der Waals surface area contributed by atoms with E-state index in [1.54, 1.807) is 0 Å². The second-order valence-corrected chi connectivity index (χ2v) is 6.68. The number of hydrogen-bond donors (Lipinski definition) is 0. The van der Waals surface area contributed by atoms with Crippen LogP contribution in [0.5, 0.6) is 0 Å². The van der Waals surface area contributed by atoms with Crippen LogP contribution in [0, 0.1) is 22.7 Å². The highest BCUT2D eigenvalue weighted by Crippen LogP contribution is 2.61. The molecular weight excluding hydrogens is 184 g/mol. The Morgan fingerprint density at radius 2 is 1.67 bits per heavy atom. The minimum atomic E-state index is -0.202. The van der Waals surface area contributed by atoms with Crippen molar-refractivity contribution in [1.82, 2.24) is 0 Å². The van der Waals surface area contributed by atoms with Gasteiger partial charge in [0, 0.05) is 11.3 Å². The topological polar surface area (TPSA) is 17.1 Å². The standard InChI is InChI=1S/C14H24O/c1-9(2)8-10-11(14(10,6)7)12(15)13(3,4)5/h8,10-11H,1-7H3. The van der Waals surface area contributed by atoms with Crippen molar-refractivity contribution in [2.24, 2.45) is 22.7 Å². The highest BCUT2D eigenvalue weighted by molar-refractivity contribution is 5.90. The molecule has 0 heterocycles. The zero-order valence-corrected chi connectivity index (χ0v) is 11.1. The van der Waals surface area contributed by atoms with Crippen LogP contribution < -0.4 is 0 Å². The molecule has 0 amide bonds. The summed E-state index contributed by atoms with van der Waals surface area (Å²) in [5.74, 6) is 1.09. The fourth-order valence-corrected chi connectivity index (χ4v) is 2.32. The molecule has 2 unspecified atom stereocenters. The van der Waals surface area contributed by atoms with Gasteiger partial charge in [-0.15, -0.1) is 0 Å². The maximum Gasteiger partial charge on any atom is 0.142 e. The molecule has 0 aromatic carbocycles. The predicted octanol–water partition coefficient (Wildman–Crippen LogP) is 3.84. The molecule has 1 nitrogen and oxygen atoms in total. The Labute approximate surface area is 93.9 Å². The van der Waals surface area contributed by atoms with Crippen LogP contribution in [0.15, 0.2) is 11.6 Å². The molecule has 0 aromatic rings. The van der Waals surface area contributed by atoms with Crippen molar-refractivity contribution in [1.29, 1.82) is 0 Å². The van der Waals surface area contributed by atoms with Crippen molar-refractivity contribution in [3.63, 3.8) is 0 Å². The van der Waals surface area contributed by atoms with E-state index in [1.807, 2.05) is 20.8 Å². The molecule has 0 aliphatic heterocycles. The predicted molar refractivity (Wildman–Crippen MR) is 64.7 cm³/mol. The van der Waals surface area contributed by atoms with E-state index in [9.17, 15) is 4.79 Å². The molecule has 1 heteroatoms. The molecule has 0 aromatic heterocycles. The highest BCUT2D eigenvalue weighted by Gasteiger charge is 2.61. The number of rotatable bonds is 2. The van der Waals surface area contributed by atoms with Gasteiger partial charge in [-0.2, -0.15) is 0 Å². The summed E-state index contributed by atoms with van der Waals surface area (Å²) in [5.41, 5.74) is 1.28. The van der Waals surface area contributed by atoms with Gasteiger partial charge < -0.3 is 0 Å². The van der Waals surface area contributed by atoms with Gasteiger partial charge in [0.1, 0.15) is 5.78 Å². The summed E-state index contributed by atoms with van der Waals surface area (Å²) in [6.45, 7) is 14.7. The smallest absolute Gasteiger partial charge is 0.142 e. The summed E-state index contributed by atoms with van der Waals surface area (Å²) < 4.78 is 0. The van der Waals surface area contributed by atoms with E-state index in [-0.39, 0.29) is 16.7 Å². The average Bonchev–Trinajstić information content (AvgIpc) is 2.48. The Bertz CT molecular complexity index is 298. The fraction of sp³-hybridized carbons (Fsp3) is 0.786. The number of carbonyl (C=O) groups is 1. The van der Waals surface area contributed by atoms with Gasteiger partial charge in [-0.25, -0.2) is 0 Å². The van der Waals surface area contributed by atoms with E-state index < -0.39 is 0 Å². The summed E-state index contributed by atoms with van der Waals surface area (Å²) in [6.07, 6.45) is 2.26. The van der Waals surface area contributed by atoms with Gasteiger partial charge >= 0.3 is 0 Å². The van der Waals surface area contributed by atoms with Gasteiger partial charge in [0.2, 0.25) is 0 Å². The van der Waals surface area contributed by atoms with E-state index in [1.165, 1.54) is 5.57 Å². The van der Waals surface area contributed by atoms with Crippen molar-refractivity contribution < 1.29 is 4.79 Å². The second kappa shape index (κ2) is 3.47. The molecule has 1 saturated carbocycles. The summed E-state index contributed by atoms with van der Waals surface area (Å²) in [5, 5.41) is 0. The van der Waals surface area contributed by atoms with Crippen molar-refractivity contribution in [3.8, 4) is 0 Å². The fourth-order valence-electron chi connectivity index (χ4n) is 2.32. The van der Waals surface area contributed by atoms with Gasteiger partial charge in [-0.05, 0) is 25.2 Å². The van der Waals surface area contributed by atoms with Crippen LogP contribution in [0.3, 0.4) is 0 Å². The Hall–Kier alpha value is -0.590. The van der Waals surface area contributed by atoms with E-state index in [2.05, 4.69) is 33.8 Å². The van der Waals surface area contributed by atoms with E-state index in [0.29, 0.717) is 11.7 Å². The zero-order valence-electron chi connectivity index (χ0n) is 11.1. The van der Waals surface area contributed by atoms with Crippen LogP contribution in [0.2, 0.25) is 0 Å². The molecule has 0 spiro atoms. The normalized spacial score (nSPS) is 28.5. The molecule has 1 aliphatic carbocycles. The van der Waals surface area contributed by atoms with Gasteiger partial charge in [-0.1, -0.05) is 46.3 Å². The number of carbonyl (C=O) groups excluding carboxylic acids is 1. The lowest BCUT2D eigenvalue weighted by Gasteiger charge is -2.17. The van der Waals surface area contributed by atoms with Crippen molar-refractivity contribution in [3.05, 3.63) is 11.6 Å². The van der Waals surface area contributed by atoms with Crippen molar-refractivity contribution in [2.75, 3.05) is 0 Å². The number of allylic oxidation sites excluding steroid dienone is 2. The Morgan fingerprint density at radius 3 is 2.00 bits per heavy atom. The molecular formula is C14H24O. The third-order valence-corrected chi connectivity index (χ3v) is 3.45. The van der Waals surface area contributed by atoms with Gasteiger partial charge in [0.15, 0.2) is 0 Å². The molecule has 1 aliphatic rings. The highest BCUT2D eigenvalue weighted by atomic mass is 16.1. The van der Waals surface area contributed by atoms with Crippen LogP contribution in [-0.2, 0) is 4.79 Å². The summed E-state index contributed by atoms with van der Waals surface area (Å²) in [6, 6.07) is 0. The minimum absolute atomic E-state index is 0.168. The van der Waals surface area contributed by atoms with Crippen molar-refractivity contribution >= 4 is 5.78 Å². The number of hydrogen-bond acceptors (Lipinski definition) is 1. The lowest BCUT2D eigenvalue weighted by Crippen LogP contribution is -2.23. The first-order valence-corrected chi connectivity index (χ1v) is 5.78. The Morgan fingerprint density at radius 1 is 1.20 bits per heavy atom. The van der Waals surface area contributed by atoms with Crippen LogP contribution >= 0.6 is 0 Å². The Balaban J connectivity index is 2.84. The average molecular weight is 208 g/mol. The van der Waals surface area contributed by atoms with Crippen LogP contribution in [0.25, 0.3) is 0 Å². The lowest BCUT2D eigenvalue weighted by atomic mass is 9.86. The van der Waals surface area contributed by atoms with E-state index in [0.717, 1.165) is 0 Å². The second-order valence-electron chi connectivity index (χ2n) is 6.68. The zero-order chi connectivity index (χ0) is 12.0.